The molecule has 0 radical (unpaired) electrons. The second-order valence-electron chi connectivity index (χ2n) is 7.03. The number of H-pyrrole nitrogens is 2. The van der Waals surface area contributed by atoms with Crippen LogP contribution in [0.5, 0.6) is 5.75 Å². The Hall–Kier alpha value is -3.96. The Kier molecular flexibility index (Phi) is 4.34. The zero-order valence-electron chi connectivity index (χ0n) is 15.6. The van der Waals surface area contributed by atoms with Gasteiger partial charge in [0.2, 0.25) is 5.95 Å². The van der Waals surface area contributed by atoms with Gasteiger partial charge in [-0.2, -0.15) is 22.8 Å². The first-order chi connectivity index (χ1) is 14.9. The highest BCUT2D eigenvalue weighted by Crippen LogP contribution is 2.55. The van der Waals surface area contributed by atoms with E-state index >= 15 is 0 Å². The summed E-state index contributed by atoms with van der Waals surface area (Å²) in [6.07, 6.45) is 4.12. The molecule has 0 aromatic carbocycles. The highest BCUT2D eigenvalue weighted by Gasteiger charge is 2.42. The first-order valence-corrected chi connectivity index (χ1v) is 9.18. The Labute approximate surface area is 170 Å². The number of rotatable bonds is 5. The van der Waals surface area contributed by atoms with E-state index in [0.29, 0.717) is 23.3 Å². The van der Waals surface area contributed by atoms with E-state index < -0.39 is 23.8 Å². The molecular formula is C19H13F3N6O3. The van der Waals surface area contributed by atoms with Crippen molar-refractivity contribution in [3.8, 4) is 17.0 Å². The monoisotopic (exact) mass is 430 g/mol. The van der Waals surface area contributed by atoms with Crippen molar-refractivity contribution < 1.29 is 17.9 Å². The van der Waals surface area contributed by atoms with Gasteiger partial charge in [0, 0.05) is 23.4 Å². The summed E-state index contributed by atoms with van der Waals surface area (Å²) in [7, 11) is 0. The standard InChI is InChI=1S/C19H13F3N6O3/c20-15-7-24-16-11(4-14(27-28(15)16)12-6-25-19(30)26-17(12)29)9-3-10(9)13-2-1-8(5-23-13)31-18(21)22/h1-2,4-7,9-10,18H,3H2,(H2,25,26,29,30)/t9-,10-/m0/s1. The van der Waals surface area contributed by atoms with Gasteiger partial charge in [0.1, 0.15) is 5.75 Å². The Morgan fingerprint density at radius 2 is 2.00 bits per heavy atom. The molecule has 31 heavy (non-hydrogen) atoms. The molecule has 4 heterocycles. The Morgan fingerprint density at radius 3 is 2.71 bits per heavy atom. The second kappa shape index (κ2) is 7.07. The van der Waals surface area contributed by atoms with Crippen molar-refractivity contribution in [1.29, 1.82) is 0 Å². The van der Waals surface area contributed by atoms with Crippen LogP contribution in [0.3, 0.4) is 0 Å². The number of alkyl halides is 2. The number of hydrogen-bond donors (Lipinski definition) is 2. The summed E-state index contributed by atoms with van der Waals surface area (Å²) >= 11 is 0. The molecule has 5 rings (SSSR count). The van der Waals surface area contributed by atoms with E-state index in [9.17, 15) is 22.8 Å². The fraction of sp³-hybridized carbons (Fsp3) is 0.211. The molecule has 1 aliphatic carbocycles. The molecule has 4 aromatic heterocycles. The quantitative estimate of drug-likeness (QED) is 0.501. The van der Waals surface area contributed by atoms with Gasteiger partial charge in [0.25, 0.3) is 5.56 Å². The fourth-order valence-corrected chi connectivity index (χ4v) is 3.62. The number of halogens is 3. The third kappa shape index (κ3) is 3.45. The van der Waals surface area contributed by atoms with Crippen molar-refractivity contribution in [3.63, 3.8) is 0 Å². The lowest BCUT2D eigenvalue weighted by Gasteiger charge is -2.08. The normalized spacial score (nSPS) is 17.9. The first kappa shape index (κ1) is 19.0. The van der Waals surface area contributed by atoms with Crippen molar-refractivity contribution >= 4 is 5.65 Å². The smallest absolute Gasteiger partial charge is 0.387 e. The van der Waals surface area contributed by atoms with Gasteiger partial charge in [-0.1, -0.05) is 0 Å². The number of aromatic nitrogens is 6. The Bertz CT molecular complexity index is 1400. The minimum atomic E-state index is -2.93. The van der Waals surface area contributed by atoms with Crippen LogP contribution in [0.4, 0.5) is 13.2 Å². The third-order valence-corrected chi connectivity index (χ3v) is 5.10. The van der Waals surface area contributed by atoms with Crippen molar-refractivity contribution in [2.75, 3.05) is 0 Å². The van der Waals surface area contributed by atoms with Crippen molar-refractivity contribution in [2.45, 2.75) is 24.9 Å². The molecule has 1 aliphatic rings. The van der Waals surface area contributed by atoms with E-state index in [-0.39, 0.29) is 28.8 Å². The topological polar surface area (TPSA) is 118 Å². The average Bonchev–Trinajstić information content (AvgIpc) is 3.44. The second-order valence-corrected chi connectivity index (χ2v) is 7.03. The van der Waals surface area contributed by atoms with E-state index in [2.05, 4.69) is 29.8 Å². The number of aromatic amines is 2. The maximum atomic E-state index is 14.2. The summed E-state index contributed by atoms with van der Waals surface area (Å²) in [4.78, 5) is 36.2. The van der Waals surface area contributed by atoms with Crippen LogP contribution in [-0.2, 0) is 0 Å². The zero-order chi connectivity index (χ0) is 21.7. The highest BCUT2D eigenvalue weighted by atomic mass is 19.3. The van der Waals surface area contributed by atoms with E-state index in [1.54, 1.807) is 12.1 Å². The Balaban J connectivity index is 1.53. The molecule has 0 unspecified atom stereocenters. The molecule has 2 N–H and O–H groups in total. The van der Waals surface area contributed by atoms with Crippen molar-refractivity contribution in [2.24, 2.45) is 0 Å². The maximum Gasteiger partial charge on any atom is 0.387 e. The summed E-state index contributed by atoms with van der Waals surface area (Å²) in [5, 5.41) is 4.14. The predicted molar refractivity (Wildman–Crippen MR) is 101 cm³/mol. The minimum absolute atomic E-state index is 0.0443. The fourth-order valence-electron chi connectivity index (χ4n) is 3.62. The lowest BCUT2D eigenvalue weighted by atomic mass is 10.1. The maximum absolute atomic E-state index is 14.2. The number of imidazole rings is 1. The van der Waals surface area contributed by atoms with Gasteiger partial charge in [-0.15, -0.1) is 0 Å². The van der Waals surface area contributed by atoms with Gasteiger partial charge in [-0.05, 0) is 30.5 Å². The van der Waals surface area contributed by atoms with Crippen molar-refractivity contribution in [1.82, 2.24) is 29.5 Å². The van der Waals surface area contributed by atoms with Crippen LogP contribution < -0.4 is 16.0 Å². The van der Waals surface area contributed by atoms with Crippen LogP contribution in [0.15, 0.2) is 46.4 Å². The van der Waals surface area contributed by atoms with E-state index in [1.165, 1.54) is 18.5 Å². The van der Waals surface area contributed by atoms with Gasteiger partial charge in [0.15, 0.2) is 5.65 Å². The molecule has 2 atom stereocenters. The molecule has 0 bridgehead atoms. The number of nitrogens with zero attached hydrogens (tertiary/aromatic N) is 4. The lowest BCUT2D eigenvalue weighted by molar-refractivity contribution is -0.0500. The summed E-state index contributed by atoms with van der Waals surface area (Å²) in [6.45, 7) is -2.93. The molecule has 158 valence electrons. The van der Waals surface area contributed by atoms with Crippen LogP contribution in [-0.4, -0.2) is 36.2 Å². The van der Waals surface area contributed by atoms with Crippen LogP contribution >= 0.6 is 0 Å². The van der Waals surface area contributed by atoms with Gasteiger partial charge in [-0.3, -0.25) is 14.8 Å². The van der Waals surface area contributed by atoms with Crippen molar-refractivity contribution in [3.05, 3.63) is 74.8 Å². The largest absolute Gasteiger partial charge is 0.433 e. The van der Waals surface area contributed by atoms with Gasteiger partial charge in [0.05, 0.1) is 23.7 Å². The van der Waals surface area contributed by atoms with Crippen LogP contribution in [0.2, 0.25) is 0 Å². The molecule has 0 spiro atoms. The first-order valence-electron chi connectivity index (χ1n) is 9.18. The highest BCUT2D eigenvalue weighted by molar-refractivity contribution is 5.63. The molecule has 12 heteroatoms. The molecular weight excluding hydrogens is 417 g/mol. The van der Waals surface area contributed by atoms with E-state index in [1.807, 2.05) is 0 Å². The number of nitrogens with one attached hydrogen (secondary N) is 2. The SMILES string of the molecule is O=c1[nH]cc(-c2cc([C@H]3C[C@@H]3c3ccc(OC(F)F)cn3)c3ncc(F)n3n2)c(=O)[nH]1. The molecule has 0 aliphatic heterocycles. The third-order valence-electron chi connectivity index (χ3n) is 5.10. The van der Waals surface area contributed by atoms with Crippen LogP contribution in [0.1, 0.15) is 29.5 Å². The Morgan fingerprint density at radius 1 is 1.16 bits per heavy atom. The molecule has 0 saturated heterocycles. The average molecular weight is 430 g/mol. The van der Waals surface area contributed by atoms with E-state index in [4.69, 9.17) is 0 Å². The number of hydrogen-bond acceptors (Lipinski definition) is 6. The number of ether oxygens (including phenoxy) is 1. The number of pyridine rings is 1. The molecule has 0 amide bonds. The van der Waals surface area contributed by atoms with Crippen LogP contribution in [0.25, 0.3) is 16.9 Å². The molecule has 4 aromatic rings. The summed E-state index contributed by atoms with van der Waals surface area (Å²) in [5.74, 6) is -0.893. The van der Waals surface area contributed by atoms with Gasteiger partial charge in [-0.25, -0.2) is 9.78 Å². The van der Waals surface area contributed by atoms with Crippen LogP contribution in [0, 0.1) is 5.95 Å². The lowest BCUT2D eigenvalue weighted by Crippen LogP contribution is -2.23. The molecule has 1 fully saturated rings. The van der Waals surface area contributed by atoms with Gasteiger partial charge >= 0.3 is 12.3 Å². The van der Waals surface area contributed by atoms with E-state index in [0.717, 1.165) is 10.7 Å². The minimum Gasteiger partial charge on any atom is -0.433 e. The zero-order valence-corrected chi connectivity index (χ0v) is 15.6. The van der Waals surface area contributed by atoms with Gasteiger partial charge < -0.3 is 9.72 Å². The number of fused-ring (bicyclic) bond motifs is 1. The predicted octanol–water partition coefficient (Wildman–Crippen LogP) is 2.18. The summed E-state index contributed by atoms with van der Waals surface area (Å²) in [6, 6.07) is 4.64. The summed E-state index contributed by atoms with van der Waals surface area (Å²) < 4.78 is 44.2. The molecule has 1 saturated carbocycles. The summed E-state index contributed by atoms with van der Waals surface area (Å²) in [5.41, 5.74) is 0.515. The molecule has 9 nitrogen and oxygen atoms in total.